The molecule has 1 amide bonds. The van der Waals surface area contributed by atoms with E-state index < -0.39 is 6.17 Å². The number of benzene rings is 3. The molecule has 0 radical (unpaired) electrons. The summed E-state index contributed by atoms with van der Waals surface area (Å²) in [5.74, 6) is 0.0537. The summed E-state index contributed by atoms with van der Waals surface area (Å²) in [7, 11) is 1.74. The van der Waals surface area contributed by atoms with Crippen LogP contribution >= 0.6 is 23.8 Å². The summed E-state index contributed by atoms with van der Waals surface area (Å²) in [5, 5.41) is 7.29. The first-order chi connectivity index (χ1) is 15.9. The number of rotatable bonds is 5. The molecule has 0 aromatic heterocycles. The fourth-order valence-corrected chi connectivity index (χ4v) is 4.15. The van der Waals surface area contributed by atoms with Gasteiger partial charge in [0.15, 0.2) is 5.11 Å². The van der Waals surface area contributed by atoms with Gasteiger partial charge in [-0.05, 0) is 41.9 Å². The lowest BCUT2D eigenvalue weighted by Gasteiger charge is -2.22. The second kappa shape index (κ2) is 10.1. The lowest BCUT2D eigenvalue weighted by molar-refractivity contribution is -0.119. The maximum atomic E-state index is 13.3. The van der Waals surface area contributed by atoms with E-state index in [-0.39, 0.29) is 11.8 Å². The molecule has 0 spiro atoms. The molecule has 1 aliphatic rings. The van der Waals surface area contributed by atoms with Gasteiger partial charge in [-0.2, -0.15) is 0 Å². The van der Waals surface area contributed by atoms with Crippen molar-refractivity contribution in [3.8, 4) is 0 Å². The average Bonchev–Trinajstić information content (AvgIpc) is 2.94. The number of likely N-dealkylation sites (N-methyl/N-ethyl adjacent to an activating group) is 1. The maximum Gasteiger partial charge on any atom is 0.272 e. The zero-order chi connectivity index (χ0) is 23.4. The third kappa shape index (κ3) is 5.24. The van der Waals surface area contributed by atoms with Crippen LogP contribution in [0.15, 0.2) is 83.9 Å². The van der Waals surface area contributed by atoms with Gasteiger partial charge in [-0.15, -0.1) is 0 Å². The van der Waals surface area contributed by atoms with Crippen LogP contribution < -0.4 is 15.5 Å². The number of nitrogens with one attached hydrogen (secondary N) is 2. The van der Waals surface area contributed by atoms with Crippen molar-refractivity contribution < 1.29 is 4.79 Å². The zero-order valence-electron chi connectivity index (χ0n) is 18.5. The summed E-state index contributed by atoms with van der Waals surface area (Å²) in [6.07, 6.45) is -0.872. The Balaban J connectivity index is 1.59. The fourth-order valence-electron chi connectivity index (χ4n) is 3.79. The Morgan fingerprint density at radius 2 is 1.76 bits per heavy atom. The molecule has 0 fully saturated rings. The Bertz CT molecular complexity index is 1180. The van der Waals surface area contributed by atoms with Crippen molar-refractivity contribution in [1.82, 2.24) is 10.6 Å². The lowest BCUT2D eigenvalue weighted by atomic mass is 10.0. The molecule has 3 aromatic rings. The quantitative estimate of drug-likeness (QED) is 0.522. The Labute approximate surface area is 204 Å². The van der Waals surface area contributed by atoms with E-state index in [1.165, 1.54) is 5.56 Å². The molecular formula is C26H25ClN4OS. The summed E-state index contributed by atoms with van der Waals surface area (Å²) in [4.78, 5) is 19.7. The zero-order valence-corrected chi connectivity index (χ0v) is 20.0. The van der Waals surface area contributed by atoms with Crippen LogP contribution in [0.3, 0.4) is 0 Å². The molecule has 1 heterocycles. The number of nitrogens with zero attached hydrogens (tertiary/aromatic N) is 2. The van der Waals surface area contributed by atoms with E-state index in [2.05, 4.69) is 29.7 Å². The van der Waals surface area contributed by atoms with E-state index in [4.69, 9.17) is 28.8 Å². The van der Waals surface area contributed by atoms with Gasteiger partial charge in [0.1, 0.15) is 0 Å². The van der Waals surface area contributed by atoms with E-state index in [0.717, 1.165) is 16.8 Å². The number of carbonyl (C=O) groups excluding carboxylic acids is 1. The van der Waals surface area contributed by atoms with Gasteiger partial charge in [0.05, 0.1) is 11.4 Å². The van der Waals surface area contributed by atoms with Gasteiger partial charge in [-0.1, -0.05) is 79.2 Å². The van der Waals surface area contributed by atoms with Crippen LogP contribution in [0.4, 0.5) is 5.69 Å². The number of amides is 1. The molecule has 33 heavy (non-hydrogen) atoms. The normalized spacial score (nSPS) is 16.3. The summed E-state index contributed by atoms with van der Waals surface area (Å²) >= 11 is 11.8. The molecule has 0 bridgehead atoms. The van der Waals surface area contributed by atoms with Crippen molar-refractivity contribution in [2.24, 2.45) is 4.99 Å². The molecular weight excluding hydrogens is 452 g/mol. The molecule has 5 nitrogen and oxygen atoms in total. The highest BCUT2D eigenvalue weighted by Gasteiger charge is 2.30. The number of carbonyl (C=O) groups is 1. The maximum absolute atomic E-state index is 13.3. The van der Waals surface area contributed by atoms with E-state index >= 15 is 0 Å². The van der Waals surface area contributed by atoms with Crippen LogP contribution in [0.1, 0.15) is 29.5 Å². The Kier molecular flexibility index (Phi) is 7.06. The molecule has 3 aromatic carbocycles. The minimum absolute atomic E-state index is 0.204. The van der Waals surface area contributed by atoms with Gasteiger partial charge in [0.2, 0.25) is 6.17 Å². The SMILES string of the molecule is CC(CNC(=S)NC1N=C(c2ccccc2)c2cc(Cl)ccc2N(C)C1=O)c1ccccc1. The molecule has 0 aliphatic carbocycles. The van der Waals surface area contributed by atoms with Gasteiger partial charge in [-0.3, -0.25) is 4.79 Å². The molecule has 1 aliphatic heterocycles. The molecule has 2 atom stereocenters. The number of halogens is 1. The second-order valence-electron chi connectivity index (χ2n) is 7.97. The largest absolute Gasteiger partial charge is 0.362 e. The third-order valence-corrected chi connectivity index (χ3v) is 6.15. The van der Waals surface area contributed by atoms with Crippen molar-refractivity contribution in [3.63, 3.8) is 0 Å². The van der Waals surface area contributed by atoms with Crippen LogP contribution in [0, 0.1) is 0 Å². The van der Waals surface area contributed by atoms with Gasteiger partial charge in [0, 0.05) is 29.7 Å². The van der Waals surface area contributed by atoms with Crippen LogP contribution in [-0.4, -0.2) is 36.5 Å². The standard InChI is InChI=1S/C26H25ClN4OS/c1-17(18-9-5-3-6-10-18)16-28-26(33)30-24-25(32)31(2)22-14-13-20(27)15-21(22)23(29-24)19-11-7-4-8-12-19/h3-15,17,24H,16H2,1-2H3,(H2,28,30,33). The first-order valence-electron chi connectivity index (χ1n) is 10.7. The minimum Gasteiger partial charge on any atom is -0.362 e. The molecule has 0 saturated carbocycles. The van der Waals surface area contributed by atoms with E-state index in [9.17, 15) is 4.79 Å². The van der Waals surface area contributed by atoms with Gasteiger partial charge in [-0.25, -0.2) is 4.99 Å². The van der Waals surface area contributed by atoms with Crippen molar-refractivity contribution >= 4 is 46.2 Å². The number of fused-ring (bicyclic) bond motifs is 1. The highest BCUT2D eigenvalue weighted by Crippen LogP contribution is 2.29. The molecule has 2 N–H and O–H groups in total. The van der Waals surface area contributed by atoms with Crippen LogP contribution in [-0.2, 0) is 4.79 Å². The van der Waals surface area contributed by atoms with Gasteiger partial charge in [0.25, 0.3) is 5.91 Å². The number of hydrogen-bond acceptors (Lipinski definition) is 3. The van der Waals surface area contributed by atoms with E-state index in [1.807, 2.05) is 60.7 Å². The number of benzodiazepines with no additional fused rings is 1. The van der Waals surface area contributed by atoms with Crippen molar-refractivity contribution in [2.45, 2.75) is 19.0 Å². The monoisotopic (exact) mass is 476 g/mol. The summed E-state index contributed by atoms with van der Waals surface area (Å²) in [6, 6.07) is 25.4. The minimum atomic E-state index is -0.872. The first-order valence-corrected chi connectivity index (χ1v) is 11.5. The highest BCUT2D eigenvalue weighted by molar-refractivity contribution is 7.80. The number of aliphatic imine (C=N–C) groups is 1. The molecule has 2 unspecified atom stereocenters. The molecule has 4 rings (SSSR count). The Morgan fingerprint density at radius 1 is 1.09 bits per heavy atom. The second-order valence-corrected chi connectivity index (χ2v) is 8.82. The van der Waals surface area contributed by atoms with Crippen LogP contribution in [0.5, 0.6) is 0 Å². The molecule has 7 heteroatoms. The van der Waals surface area contributed by atoms with Gasteiger partial charge < -0.3 is 15.5 Å². The van der Waals surface area contributed by atoms with Crippen LogP contribution in [0.2, 0.25) is 5.02 Å². The summed E-state index contributed by atoms with van der Waals surface area (Å²) < 4.78 is 0. The summed E-state index contributed by atoms with van der Waals surface area (Å²) in [6.45, 7) is 2.76. The average molecular weight is 477 g/mol. The van der Waals surface area contributed by atoms with E-state index in [1.54, 1.807) is 18.0 Å². The highest BCUT2D eigenvalue weighted by atomic mass is 35.5. The lowest BCUT2D eigenvalue weighted by Crippen LogP contribution is -2.49. The van der Waals surface area contributed by atoms with Crippen molar-refractivity contribution in [2.75, 3.05) is 18.5 Å². The van der Waals surface area contributed by atoms with Crippen molar-refractivity contribution in [3.05, 3.63) is 101 Å². The van der Waals surface area contributed by atoms with Crippen molar-refractivity contribution in [1.29, 1.82) is 0 Å². The number of hydrogen-bond donors (Lipinski definition) is 2. The van der Waals surface area contributed by atoms with E-state index in [0.29, 0.717) is 22.4 Å². The molecule has 168 valence electrons. The third-order valence-electron chi connectivity index (χ3n) is 5.65. The van der Waals surface area contributed by atoms with Gasteiger partial charge >= 0.3 is 0 Å². The Hall–Kier alpha value is -3.22. The van der Waals surface area contributed by atoms with Crippen LogP contribution in [0.25, 0.3) is 0 Å². The smallest absolute Gasteiger partial charge is 0.272 e. The molecule has 0 saturated heterocycles. The summed E-state index contributed by atoms with van der Waals surface area (Å²) in [5.41, 5.74) is 4.34. The topological polar surface area (TPSA) is 56.7 Å². The fraction of sp³-hybridized carbons (Fsp3) is 0.192. The predicted molar refractivity (Wildman–Crippen MR) is 139 cm³/mol. The first kappa shape index (κ1) is 23.0. The predicted octanol–water partition coefficient (Wildman–Crippen LogP) is 4.75. The Morgan fingerprint density at radius 3 is 2.45 bits per heavy atom. The number of thiocarbonyl (C=S) groups is 1. The number of anilines is 1.